The number of ether oxygens (including phenoxy) is 1. The van der Waals surface area contributed by atoms with E-state index < -0.39 is 5.92 Å². The minimum atomic E-state index is -0.572. The van der Waals surface area contributed by atoms with Crippen LogP contribution in [0.4, 0.5) is 0 Å². The minimum absolute atomic E-state index is 0. The van der Waals surface area contributed by atoms with Crippen molar-refractivity contribution < 1.29 is 43.1 Å². The van der Waals surface area contributed by atoms with E-state index in [0.717, 1.165) is 22.9 Å². The first-order valence-electron chi connectivity index (χ1n) is 9.18. The van der Waals surface area contributed by atoms with Crippen molar-refractivity contribution in [3.05, 3.63) is 35.9 Å². The van der Waals surface area contributed by atoms with E-state index in [4.69, 9.17) is 4.74 Å². The van der Waals surface area contributed by atoms with Crippen LogP contribution < -0.4 is 24.0 Å². The van der Waals surface area contributed by atoms with Crippen molar-refractivity contribution >= 4 is 23.0 Å². The Morgan fingerprint density at radius 3 is 2.19 bits per heavy atom. The molecule has 0 amide bonds. The number of carbonyl (C=O) groups is 1. The monoisotopic (exact) mass is 539 g/mol. The first-order chi connectivity index (χ1) is 11.5. The summed E-state index contributed by atoms with van der Waals surface area (Å²) in [6.45, 7) is 4.39. The summed E-state index contributed by atoms with van der Waals surface area (Å²) in [6, 6.07) is 11.2. The average Bonchev–Trinajstić information content (AvgIpc) is 2.74. The van der Waals surface area contributed by atoms with Crippen LogP contribution in [0.2, 0.25) is 0 Å². The molecule has 3 rings (SSSR count). The fraction of sp³-hybridized carbons (Fsp3) is 0.650. The summed E-state index contributed by atoms with van der Waals surface area (Å²) in [4.78, 5) is 12.6. The van der Waals surface area contributed by atoms with E-state index in [2.05, 4.69) is 20.9 Å². The van der Waals surface area contributed by atoms with Crippen LogP contribution >= 0.6 is 17.0 Å². The molecule has 2 aliphatic rings. The van der Waals surface area contributed by atoms with Crippen molar-refractivity contribution in [1.82, 2.24) is 0 Å². The zero-order valence-corrected chi connectivity index (χ0v) is 19.7. The normalized spacial score (nSPS) is 30.9. The van der Waals surface area contributed by atoms with Crippen molar-refractivity contribution in [2.45, 2.75) is 69.7 Å². The van der Waals surface area contributed by atoms with Gasteiger partial charge in [0.1, 0.15) is 12.0 Å². The number of fused-ring (bicyclic) bond motifs is 2. The number of rotatable bonds is 5. The van der Waals surface area contributed by atoms with Crippen LogP contribution in [0.25, 0.3) is 0 Å². The summed E-state index contributed by atoms with van der Waals surface area (Å²) in [5, 5.41) is 9.65. The number of halogens is 2. The lowest BCUT2D eigenvalue weighted by molar-refractivity contribution is -0.968. The van der Waals surface area contributed by atoms with Gasteiger partial charge in [-0.05, 0) is 19.4 Å². The molecule has 2 bridgehead atoms. The largest absolute Gasteiger partial charge is 1.00 e. The molecule has 1 aromatic carbocycles. The fourth-order valence-corrected chi connectivity index (χ4v) is 4.82. The molecule has 0 aliphatic carbocycles. The Labute approximate surface area is 184 Å². The van der Waals surface area contributed by atoms with E-state index in [-0.39, 0.29) is 59.6 Å². The summed E-state index contributed by atoms with van der Waals surface area (Å²) >= 11 is 0. The van der Waals surface area contributed by atoms with Gasteiger partial charge in [0.15, 0.2) is 0 Å². The number of benzene rings is 1. The molecule has 0 radical (unpaired) electrons. The van der Waals surface area contributed by atoms with Gasteiger partial charge in [0, 0.05) is 25.7 Å². The predicted octanol–water partition coefficient (Wildman–Crippen LogP) is 0.436. The molecule has 5 atom stereocenters. The van der Waals surface area contributed by atoms with Gasteiger partial charge in [0.2, 0.25) is 0 Å². The van der Waals surface area contributed by atoms with Crippen LogP contribution in [0.15, 0.2) is 30.3 Å². The van der Waals surface area contributed by atoms with Gasteiger partial charge in [-0.3, -0.25) is 4.79 Å². The van der Waals surface area contributed by atoms with E-state index in [1.165, 1.54) is 12.8 Å². The van der Waals surface area contributed by atoms with E-state index in [0.29, 0.717) is 18.1 Å². The van der Waals surface area contributed by atoms with Crippen LogP contribution in [0, 0.1) is 0 Å². The third kappa shape index (κ3) is 4.45. The molecule has 26 heavy (non-hydrogen) atoms. The number of aliphatic hydroxyl groups excluding tert-OH is 1. The molecule has 2 saturated heterocycles. The molecular formula is C20H31BrINO3. The molecule has 148 valence electrons. The van der Waals surface area contributed by atoms with Crippen molar-refractivity contribution in [3.63, 3.8) is 0 Å². The Morgan fingerprint density at radius 1 is 1.19 bits per heavy atom. The molecule has 3 unspecified atom stereocenters. The zero-order chi connectivity index (χ0) is 17.3. The number of hydrogen-bond donors (Lipinski definition) is 1. The first kappa shape index (κ1) is 23.9. The smallest absolute Gasteiger partial charge is 0.316 e. The Hall–Kier alpha value is -0.180. The second-order valence-corrected chi connectivity index (χ2v) is 7.88. The van der Waals surface area contributed by atoms with Gasteiger partial charge in [-0.1, -0.05) is 30.3 Å². The Morgan fingerprint density at radius 2 is 1.73 bits per heavy atom. The van der Waals surface area contributed by atoms with E-state index in [1.54, 1.807) is 0 Å². The fourth-order valence-electron chi connectivity index (χ4n) is 4.82. The molecule has 2 heterocycles. The molecule has 2 fully saturated rings. The van der Waals surface area contributed by atoms with Gasteiger partial charge >= 0.3 is 5.97 Å². The Bertz CT molecular complexity index is 570. The number of hydrogen-bond acceptors (Lipinski definition) is 3. The van der Waals surface area contributed by atoms with Crippen LogP contribution in [0.3, 0.4) is 0 Å². The number of piperidine rings is 1. The highest BCUT2D eigenvalue weighted by Gasteiger charge is 2.53. The van der Waals surface area contributed by atoms with Gasteiger partial charge < -0.3 is 38.3 Å². The molecule has 4 nitrogen and oxygen atoms in total. The topological polar surface area (TPSA) is 46.5 Å². The average molecular weight is 540 g/mol. The summed E-state index contributed by atoms with van der Waals surface area (Å²) in [6.07, 6.45) is 4.36. The van der Waals surface area contributed by atoms with Gasteiger partial charge in [-0.2, -0.15) is 0 Å². The number of nitrogens with zero attached hydrogens (tertiary/aromatic N) is 1. The van der Waals surface area contributed by atoms with Gasteiger partial charge in [-0.15, -0.1) is 17.0 Å². The molecule has 0 spiro atoms. The lowest BCUT2D eigenvalue weighted by Crippen LogP contribution is -3.00. The van der Waals surface area contributed by atoms with Gasteiger partial charge in [0.05, 0.1) is 31.8 Å². The van der Waals surface area contributed by atoms with Crippen LogP contribution in [-0.2, 0) is 9.53 Å². The highest BCUT2D eigenvalue weighted by Crippen LogP contribution is 2.44. The van der Waals surface area contributed by atoms with Crippen LogP contribution in [-0.4, -0.2) is 53.4 Å². The van der Waals surface area contributed by atoms with Gasteiger partial charge in [0.25, 0.3) is 0 Å². The lowest BCUT2D eigenvalue weighted by atomic mass is 9.94. The number of quaternary nitrogens is 1. The standard InChI is InChI=1S/C20H30NO3.BrH.HI/c1-14(2)21(3)16-9-10-17(21)12-18(11-16)24-20(23)19(13-22)15-7-5-4-6-8-15;;/h4-8,14,16-19,22H,9-13H2,1-3H3;2*1H/q+1;;/p-1/t16-,17+,18?,19?,21?;;. The minimum Gasteiger partial charge on any atom is -1.00 e. The van der Waals surface area contributed by atoms with Crippen molar-refractivity contribution in [2.75, 3.05) is 13.7 Å². The SMILES string of the molecule is Br.CC(C)[N+]1(C)[C@@H]2CC[C@H]1CC(OC(=O)C(CO)c1ccccc1)C2.[I-]. The van der Waals surface area contributed by atoms with Crippen molar-refractivity contribution in [2.24, 2.45) is 0 Å². The molecule has 1 N–H and O–H groups in total. The highest BCUT2D eigenvalue weighted by atomic mass is 127. The summed E-state index contributed by atoms with van der Waals surface area (Å²) in [7, 11) is 2.37. The number of aliphatic hydroxyl groups is 1. The molecule has 0 saturated carbocycles. The predicted molar refractivity (Wildman–Crippen MR) is 104 cm³/mol. The second kappa shape index (κ2) is 9.85. The highest BCUT2D eigenvalue weighted by molar-refractivity contribution is 8.93. The Balaban J connectivity index is 0.00000169. The van der Waals surface area contributed by atoms with E-state index in [1.807, 2.05) is 30.3 Å². The van der Waals surface area contributed by atoms with Crippen molar-refractivity contribution in [1.29, 1.82) is 0 Å². The van der Waals surface area contributed by atoms with Gasteiger partial charge in [-0.25, -0.2) is 0 Å². The second-order valence-electron chi connectivity index (χ2n) is 7.88. The third-order valence-corrected chi connectivity index (χ3v) is 6.54. The molecule has 0 aromatic heterocycles. The van der Waals surface area contributed by atoms with E-state index in [9.17, 15) is 9.90 Å². The molecule has 1 aromatic rings. The summed E-state index contributed by atoms with van der Waals surface area (Å²) < 4.78 is 6.96. The zero-order valence-electron chi connectivity index (χ0n) is 15.8. The third-order valence-electron chi connectivity index (χ3n) is 6.54. The maximum atomic E-state index is 12.6. The quantitative estimate of drug-likeness (QED) is 0.335. The van der Waals surface area contributed by atoms with E-state index >= 15 is 0 Å². The van der Waals surface area contributed by atoms with Crippen LogP contribution in [0.1, 0.15) is 51.0 Å². The molecule has 2 aliphatic heterocycles. The summed E-state index contributed by atoms with van der Waals surface area (Å²) in [5.74, 6) is -0.856. The molecule has 6 heteroatoms. The maximum absolute atomic E-state index is 12.6. The Kier molecular flexibility index (Phi) is 9.03. The number of esters is 1. The summed E-state index contributed by atoms with van der Waals surface area (Å²) in [5.41, 5.74) is 0.826. The van der Waals surface area contributed by atoms with Crippen LogP contribution in [0.5, 0.6) is 0 Å². The first-order valence-corrected chi connectivity index (χ1v) is 9.18. The molecular weight excluding hydrogens is 509 g/mol. The lowest BCUT2D eigenvalue weighted by Gasteiger charge is -2.49. The maximum Gasteiger partial charge on any atom is 0.316 e. The number of carbonyl (C=O) groups excluding carboxylic acids is 1. The van der Waals surface area contributed by atoms with Crippen molar-refractivity contribution in [3.8, 4) is 0 Å².